The van der Waals surface area contributed by atoms with Crippen LogP contribution < -0.4 is 20.5 Å². The van der Waals surface area contributed by atoms with Gasteiger partial charge in [0, 0.05) is 35.2 Å². The number of methoxy groups -OCH3 is 1. The number of pyridine rings is 1. The summed E-state index contributed by atoms with van der Waals surface area (Å²) in [7, 11) is 1.65. The third kappa shape index (κ3) is 6.10. The van der Waals surface area contributed by atoms with Gasteiger partial charge in [0.2, 0.25) is 17.7 Å². The zero-order valence-electron chi connectivity index (χ0n) is 25.4. The van der Waals surface area contributed by atoms with Crippen molar-refractivity contribution in [3.05, 3.63) is 98.0 Å². The van der Waals surface area contributed by atoms with E-state index < -0.39 is 0 Å². The molecule has 3 aromatic carbocycles. The number of nitrogens with two attached hydrogens (primary N) is 1. The molecule has 3 atom stereocenters. The number of halogens is 2. The Morgan fingerprint density at radius 1 is 0.978 bits per heavy atom. The summed E-state index contributed by atoms with van der Waals surface area (Å²) in [6.45, 7) is 0. The molecule has 45 heavy (non-hydrogen) atoms. The maximum absolute atomic E-state index is 11.5. The second-order valence-electron chi connectivity index (χ2n) is 12.5. The van der Waals surface area contributed by atoms with E-state index in [2.05, 4.69) is 81.9 Å². The van der Waals surface area contributed by atoms with Gasteiger partial charge in [0.15, 0.2) is 0 Å². The molecule has 1 aromatic heterocycles. The van der Waals surface area contributed by atoms with Crippen LogP contribution >= 0.6 is 27.5 Å². The predicted molar refractivity (Wildman–Crippen MR) is 182 cm³/mol. The van der Waals surface area contributed by atoms with E-state index in [1.807, 2.05) is 0 Å². The van der Waals surface area contributed by atoms with Crippen LogP contribution in [0.25, 0.3) is 22.3 Å². The summed E-state index contributed by atoms with van der Waals surface area (Å²) >= 11 is 10.9. The monoisotopic (exact) mass is 685 g/mol. The quantitative estimate of drug-likeness (QED) is 0.187. The molecule has 7 rings (SSSR count). The number of nitrogens with one attached hydrogen (secondary N) is 1. The van der Waals surface area contributed by atoms with E-state index in [0.29, 0.717) is 18.2 Å². The lowest BCUT2D eigenvalue weighted by Gasteiger charge is -2.18. The number of hydrogen-bond acceptors (Lipinski definition) is 5. The molecule has 1 saturated heterocycles. The normalized spacial score (nSPS) is 20.2. The zero-order chi connectivity index (χ0) is 31.1. The molecule has 6 nitrogen and oxygen atoms in total. The van der Waals surface area contributed by atoms with Crippen LogP contribution in [0.15, 0.2) is 65.1 Å². The van der Waals surface area contributed by atoms with Crippen LogP contribution in [-0.2, 0) is 30.5 Å². The zero-order valence-corrected chi connectivity index (χ0v) is 27.7. The van der Waals surface area contributed by atoms with Crippen molar-refractivity contribution < 1.29 is 14.3 Å². The first kappa shape index (κ1) is 30.3. The maximum Gasteiger partial charge on any atom is 0.231 e. The Kier molecular flexibility index (Phi) is 8.60. The Labute approximate surface area is 277 Å². The van der Waals surface area contributed by atoms with Gasteiger partial charge in [0.25, 0.3) is 0 Å². The number of benzene rings is 3. The van der Waals surface area contributed by atoms with Gasteiger partial charge in [-0.3, -0.25) is 4.79 Å². The number of aromatic nitrogens is 1. The summed E-state index contributed by atoms with van der Waals surface area (Å²) in [4.78, 5) is 16.3. The minimum absolute atomic E-state index is 0.131. The smallest absolute Gasteiger partial charge is 0.231 e. The number of amides is 1. The van der Waals surface area contributed by atoms with Gasteiger partial charge < -0.3 is 20.5 Å². The fourth-order valence-corrected chi connectivity index (χ4v) is 8.07. The maximum atomic E-state index is 11.5. The Morgan fingerprint density at radius 3 is 2.60 bits per heavy atom. The number of ether oxygens (including phenoxy) is 2. The van der Waals surface area contributed by atoms with Crippen molar-refractivity contribution in [1.29, 1.82) is 0 Å². The number of hydrogen-bond donors (Lipinski definition) is 2. The van der Waals surface area contributed by atoms with E-state index in [9.17, 15) is 4.79 Å². The van der Waals surface area contributed by atoms with Crippen molar-refractivity contribution in [2.45, 2.75) is 76.0 Å². The summed E-state index contributed by atoms with van der Waals surface area (Å²) in [5, 5.41) is 3.81. The second-order valence-corrected chi connectivity index (χ2v) is 13.7. The van der Waals surface area contributed by atoms with Crippen molar-refractivity contribution in [3.63, 3.8) is 0 Å². The van der Waals surface area contributed by atoms with E-state index in [0.717, 1.165) is 94.2 Å². The van der Waals surface area contributed by atoms with Gasteiger partial charge in [0.1, 0.15) is 6.10 Å². The second kappa shape index (κ2) is 12.8. The standard InChI is InChI=1S/C37H37BrClN3O3/c1-44-36-23(5-2-6-26-13-16-34(43)41-26)20-32(38)37(42-36)45-33-15-14-29-28(8-4-9-30(29)33)31-10-3-7-27(35(31)39)22-12-11-21-18-25(40)19-24(21)17-22/h3-4,7-12,17,20,25-26,33H,2,5-6,13-16,18-19,40H2,1H3,(H,41,43)/t25-,26+,33-/m0/s1. The highest BCUT2D eigenvalue weighted by Gasteiger charge is 2.29. The molecule has 2 aliphatic carbocycles. The van der Waals surface area contributed by atoms with Gasteiger partial charge in [-0.15, -0.1) is 0 Å². The molecule has 0 radical (unpaired) electrons. The van der Waals surface area contributed by atoms with E-state index in [4.69, 9.17) is 31.8 Å². The lowest BCUT2D eigenvalue weighted by Crippen LogP contribution is -2.25. The molecule has 0 spiro atoms. The van der Waals surface area contributed by atoms with Crippen LogP contribution in [0.3, 0.4) is 0 Å². The van der Waals surface area contributed by atoms with Gasteiger partial charge in [-0.05, 0) is 107 Å². The van der Waals surface area contributed by atoms with Crippen molar-refractivity contribution in [1.82, 2.24) is 10.3 Å². The Morgan fingerprint density at radius 2 is 1.78 bits per heavy atom. The molecule has 4 aromatic rings. The van der Waals surface area contributed by atoms with Crippen LogP contribution in [-0.4, -0.2) is 30.1 Å². The van der Waals surface area contributed by atoms with Gasteiger partial charge in [-0.1, -0.05) is 66.2 Å². The molecule has 1 fully saturated rings. The predicted octanol–water partition coefficient (Wildman–Crippen LogP) is 7.93. The molecule has 3 N–H and O–H groups in total. The number of carbonyl (C=O) groups is 1. The van der Waals surface area contributed by atoms with E-state index in [-0.39, 0.29) is 24.1 Å². The fourth-order valence-electron chi connectivity index (χ4n) is 7.27. The summed E-state index contributed by atoms with van der Waals surface area (Å²) in [6, 6.07) is 21.9. The third-order valence-electron chi connectivity index (χ3n) is 9.50. The highest BCUT2D eigenvalue weighted by molar-refractivity contribution is 9.10. The molecule has 0 bridgehead atoms. The van der Waals surface area contributed by atoms with Crippen molar-refractivity contribution >= 4 is 33.4 Å². The van der Waals surface area contributed by atoms with Crippen molar-refractivity contribution in [2.24, 2.45) is 5.73 Å². The summed E-state index contributed by atoms with van der Waals surface area (Å²) in [6.07, 6.45) is 7.70. The first-order valence-corrected chi connectivity index (χ1v) is 17.0. The SMILES string of the molecule is COc1nc(O[C@H]2CCc3c(-c4cccc(-c5ccc6c(c5)C[C@@H](N)C6)c4Cl)cccc32)c(Br)cc1CCC[C@@H]1CCC(=O)N1. The van der Waals surface area contributed by atoms with E-state index in [1.165, 1.54) is 16.7 Å². The first-order valence-electron chi connectivity index (χ1n) is 15.9. The Balaban J connectivity index is 1.11. The summed E-state index contributed by atoms with van der Waals surface area (Å²) in [5.74, 6) is 1.26. The number of rotatable bonds is 9. The molecular weight excluding hydrogens is 650 g/mol. The summed E-state index contributed by atoms with van der Waals surface area (Å²) in [5.41, 5.74) is 16.7. The number of fused-ring (bicyclic) bond motifs is 2. The summed E-state index contributed by atoms with van der Waals surface area (Å²) < 4.78 is 13.1. The Hall–Kier alpha value is -3.39. The fraction of sp³-hybridized carbons (Fsp3) is 0.351. The first-order chi connectivity index (χ1) is 21.9. The molecule has 8 heteroatoms. The molecule has 1 amide bonds. The van der Waals surface area contributed by atoms with Crippen LogP contribution in [0.5, 0.6) is 11.8 Å². The van der Waals surface area contributed by atoms with E-state index in [1.54, 1.807) is 7.11 Å². The lowest BCUT2D eigenvalue weighted by molar-refractivity contribution is -0.119. The molecule has 3 aliphatic rings. The number of aryl methyl sites for hydroxylation is 1. The molecular formula is C37H37BrClN3O3. The molecule has 2 heterocycles. The number of carbonyl (C=O) groups excluding carboxylic acids is 1. The van der Waals surface area contributed by atoms with E-state index >= 15 is 0 Å². The Bertz CT molecular complexity index is 1780. The third-order valence-corrected chi connectivity index (χ3v) is 10.5. The van der Waals surface area contributed by atoms with Gasteiger partial charge in [-0.2, -0.15) is 4.98 Å². The molecule has 1 aliphatic heterocycles. The van der Waals surface area contributed by atoms with Crippen molar-refractivity contribution in [2.75, 3.05) is 7.11 Å². The van der Waals surface area contributed by atoms with Crippen molar-refractivity contribution in [3.8, 4) is 34.0 Å². The van der Waals surface area contributed by atoms with Gasteiger partial charge in [-0.25, -0.2) is 0 Å². The van der Waals surface area contributed by atoms with Crippen LogP contribution in [0.4, 0.5) is 0 Å². The highest BCUT2D eigenvalue weighted by atomic mass is 79.9. The highest BCUT2D eigenvalue weighted by Crippen LogP contribution is 2.45. The average molecular weight is 687 g/mol. The lowest BCUT2D eigenvalue weighted by atomic mass is 9.93. The van der Waals surface area contributed by atoms with Crippen LogP contribution in [0, 0.1) is 0 Å². The molecule has 0 saturated carbocycles. The van der Waals surface area contributed by atoms with Gasteiger partial charge >= 0.3 is 0 Å². The average Bonchev–Trinajstić information content (AvgIpc) is 3.75. The largest absolute Gasteiger partial charge is 0.481 e. The minimum Gasteiger partial charge on any atom is -0.481 e. The van der Waals surface area contributed by atoms with Crippen LogP contribution in [0.1, 0.15) is 66.0 Å². The topological polar surface area (TPSA) is 86.5 Å². The van der Waals surface area contributed by atoms with Crippen LogP contribution in [0.2, 0.25) is 5.02 Å². The molecule has 0 unspecified atom stereocenters. The van der Waals surface area contributed by atoms with Gasteiger partial charge in [0.05, 0.1) is 16.6 Å². The minimum atomic E-state index is -0.131. The molecule has 232 valence electrons. The number of nitrogens with zero attached hydrogens (tertiary/aromatic N) is 1.